The summed E-state index contributed by atoms with van der Waals surface area (Å²) in [5.74, 6) is -0.398. The van der Waals surface area contributed by atoms with Gasteiger partial charge >= 0.3 is 6.03 Å². The van der Waals surface area contributed by atoms with Gasteiger partial charge in [-0.1, -0.05) is 6.07 Å². The highest BCUT2D eigenvalue weighted by Gasteiger charge is 2.14. The van der Waals surface area contributed by atoms with Crippen LogP contribution < -0.4 is 16.0 Å². The fourth-order valence-electron chi connectivity index (χ4n) is 2.07. The quantitative estimate of drug-likeness (QED) is 0.591. The third-order valence-electron chi connectivity index (χ3n) is 3.26. The van der Waals surface area contributed by atoms with Gasteiger partial charge in [0.15, 0.2) is 0 Å². The fraction of sp³-hybridized carbons (Fsp3) is 0.125. The molecule has 124 valence electrons. The van der Waals surface area contributed by atoms with Gasteiger partial charge in [0.1, 0.15) is 0 Å². The van der Waals surface area contributed by atoms with Crippen LogP contribution in [-0.2, 0) is 0 Å². The molecular formula is C16H16N4O4. The number of benzene rings is 2. The smallest absolute Gasteiger partial charge is 0.318 e. The topological polar surface area (TPSA) is 113 Å². The Hall–Kier alpha value is -3.42. The van der Waals surface area contributed by atoms with E-state index in [9.17, 15) is 19.7 Å². The maximum atomic E-state index is 12.3. The number of nitrogens with one attached hydrogen (secondary N) is 3. The molecule has 0 aliphatic heterocycles. The predicted molar refractivity (Wildman–Crippen MR) is 90.3 cm³/mol. The predicted octanol–water partition coefficient (Wildman–Crippen LogP) is 2.91. The molecule has 0 aromatic heterocycles. The van der Waals surface area contributed by atoms with Crippen molar-refractivity contribution < 1.29 is 14.5 Å². The number of nitrogens with zero attached hydrogens (tertiary/aromatic N) is 1. The second-order valence-corrected chi connectivity index (χ2v) is 5.00. The van der Waals surface area contributed by atoms with E-state index < -0.39 is 10.8 Å². The molecule has 0 radical (unpaired) electrons. The highest BCUT2D eigenvalue weighted by Crippen LogP contribution is 2.20. The third-order valence-corrected chi connectivity index (χ3v) is 3.26. The monoisotopic (exact) mass is 328 g/mol. The lowest BCUT2D eigenvalue weighted by Gasteiger charge is -2.09. The zero-order valence-electron chi connectivity index (χ0n) is 13.1. The van der Waals surface area contributed by atoms with E-state index in [-0.39, 0.29) is 11.7 Å². The van der Waals surface area contributed by atoms with Crippen molar-refractivity contribution in [1.29, 1.82) is 0 Å². The number of rotatable bonds is 4. The standard InChI is InChI=1S/C16H16N4O4/c1-10-8-11(6-7-14(10)20(23)24)15(21)18-12-4-3-5-13(9-12)19-16(22)17-2/h3-9H,1-2H3,(H,18,21)(H2,17,19,22). The molecule has 0 atom stereocenters. The Kier molecular flexibility index (Phi) is 5.10. The summed E-state index contributed by atoms with van der Waals surface area (Å²) in [6.45, 7) is 1.57. The summed E-state index contributed by atoms with van der Waals surface area (Å²) < 4.78 is 0. The molecule has 0 aliphatic rings. The second kappa shape index (κ2) is 7.23. The van der Waals surface area contributed by atoms with Crippen LogP contribution in [0.15, 0.2) is 42.5 Å². The van der Waals surface area contributed by atoms with Gasteiger partial charge in [0.2, 0.25) is 0 Å². The van der Waals surface area contributed by atoms with Crippen LogP contribution in [-0.4, -0.2) is 23.9 Å². The average molecular weight is 328 g/mol. The number of urea groups is 1. The van der Waals surface area contributed by atoms with Crippen LogP contribution >= 0.6 is 0 Å². The van der Waals surface area contributed by atoms with E-state index in [0.717, 1.165) is 0 Å². The van der Waals surface area contributed by atoms with Crippen molar-refractivity contribution in [3.63, 3.8) is 0 Å². The van der Waals surface area contributed by atoms with Crippen molar-refractivity contribution in [1.82, 2.24) is 5.32 Å². The lowest BCUT2D eigenvalue weighted by molar-refractivity contribution is -0.385. The molecule has 0 unspecified atom stereocenters. The molecular weight excluding hydrogens is 312 g/mol. The zero-order chi connectivity index (χ0) is 17.7. The molecule has 0 saturated heterocycles. The van der Waals surface area contributed by atoms with Gasteiger partial charge in [-0.05, 0) is 37.3 Å². The second-order valence-electron chi connectivity index (χ2n) is 5.00. The third kappa shape index (κ3) is 4.07. The van der Waals surface area contributed by atoms with Gasteiger partial charge in [0.25, 0.3) is 11.6 Å². The van der Waals surface area contributed by atoms with Crippen molar-refractivity contribution in [2.75, 3.05) is 17.7 Å². The number of hydrogen-bond acceptors (Lipinski definition) is 4. The molecule has 2 rings (SSSR count). The number of carbonyl (C=O) groups excluding carboxylic acids is 2. The zero-order valence-corrected chi connectivity index (χ0v) is 13.1. The van der Waals surface area contributed by atoms with Gasteiger partial charge in [-0.15, -0.1) is 0 Å². The van der Waals surface area contributed by atoms with Crippen LogP contribution in [0.1, 0.15) is 15.9 Å². The lowest BCUT2D eigenvalue weighted by atomic mass is 10.1. The molecule has 3 amide bonds. The minimum atomic E-state index is -0.495. The molecule has 24 heavy (non-hydrogen) atoms. The van der Waals surface area contributed by atoms with E-state index in [1.807, 2.05) is 0 Å². The summed E-state index contributed by atoms with van der Waals surface area (Å²) in [4.78, 5) is 33.9. The molecule has 0 fully saturated rings. The van der Waals surface area contributed by atoms with Gasteiger partial charge in [-0.2, -0.15) is 0 Å². The van der Waals surface area contributed by atoms with Crippen molar-refractivity contribution in [2.45, 2.75) is 6.92 Å². The van der Waals surface area contributed by atoms with Crippen LogP contribution in [0, 0.1) is 17.0 Å². The molecule has 0 spiro atoms. The molecule has 8 nitrogen and oxygen atoms in total. The number of anilines is 2. The minimum Gasteiger partial charge on any atom is -0.341 e. The van der Waals surface area contributed by atoms with E-state index in [2.05, 4.69) is 16.0 Å². The van der Waals surface area contributed by atoms with Crippen molar-refractivity contribution >= 4 is 29.0 Å². The van der Waals surface area contributed by atoms with E-state index in [1.54, 1.807) is 31.2 Å². The number of hydrogen-bond donors (Lipinski definition) is 3. The Bertz CT molecular complexity index is 804. The first-order chi connectivity index (χ1) is 11.4. The number of amides is 3. The lowest BCUT2D eigenvalue weighted by Crippen LogP contribution is -2.24. The first kappa shape index (κ1) is 16.9. The van der Waals surface area contributed by atoms with E-state index in [4.69, 9.17) is 0 Å². The maximum absolute atomic E-state index is 12.3. The summed E-state index contributed by atoms with van der Waals surface area (Å²) in [5, 5.41) is 18.5. The highest BCUT2D eigenvalue weighted by molar-refractivity contribution is 6.05. The largest absolute Gasteiger partial charge is 0.341 e. The Morgan fingerprint density at radius 3 is 2.29 bits per heavy atom. The SMILES string of the molecule is CNC(=O)Nc1cccc(NC(=O)c2ccc([N+](=O)[O-])c(C)c2)c1. The maximum Gasteiger partial charge on any atom is 0.318 e. The summed E-state index contributed by atoms with van der Waals surface area (Å²) in [7, 11) is 1.50. The Balaban J connectivity index is 2.15. The van der Waals surface area contributed by atoms with Gasteiger partial charge < -0.3 is 16.0 Å². The minimum absolute atomic E-state index is 0.0386. The van der Waals surface area contributed by atoms with E-state index in [0.29, 0.717) is 22.5 Å². The van der Waals surface area contributed by atoms with Gasteiger partial charge in [0, 0.05) is 35.6 Å². The molecule has 2 aromatic carbocycles. The highest BCUT2D eigenvalue weighted by atomic mass is 16.6. The number of aryl methyl sites for hydroxylation is 1. The molecule has 8 heteroatoms. The first-order valence-electron chi connectivity index (χ1n) is 7.06. The Labute approximate surface area is 138 Å². The molecule has 2 aromatic rings. The van der Waals surface area contributed by atoms with Crippen molar-refractivity contribution in [3.8, 4) is 0 Å². The summed E-state index contributed by atoms with van der Waals surface area (Å²) >= 11 is 0. The van der Waals surface area contributed by atoms with Crippen LogP contribution in [0.25, 0.3) is 0 Å². The number of nitro groups is 1. The Morgan fingerprint density at radius 2 is 1.71 bits per heavy atom. The van der Waals surface area contributed by atoms with Crippen LogP contribution in [0.3, 0.4) is 0 Å². The number of nitro benzene ring substituents is 1. The normalized spacial score (nSPS) is 9.92. The summed E-state index contributed by atoms with van der Waals surface area (Å²) in [6.07, 6.45) is 0. The van der Waals surface area contributed by atoms with Gasteiger partial charge in [-0.3, -0.25) is 14.9 Å². The van der Waals surface area contributed by atoms with Gasteiger partial charge in [0.05, 0.1) is 4.92 Å². The summed E-state index contributed by atoms with van der Waals surface area (Å²) in [6, 6.07) is 10.4. The van der Waals surface area contributed by atoms with E-state index >= 15 is 0 Å². The van der Waals surface area contributed by atoms with Crippen molar-refractivity contribution in [2.24, 2.45) is 0 Å². The molecule has 0 aliphatic carbocycles. The van der Waals surface area contributed by atoms with Crippen LogP contribution in [0.4, 0.5) is 21.9 Å². The first-order valence-corrected chi connectivity index (χ1v) is 7.06. The van der Waals surface area contributed by atoms with Crippen LogP contribution in [0.5, 0.6) is 0 Å². The number of carbonyl (C=O) groups is 2. The van der Waals surface area contributed by atoms with E-state index in [1.165, 1.54) is 25.2 Å². The van der Waals surface area contributed by atoms with Gasteiger partial charge in [-0.25, -0.2) is 4.79 Å². The van der Waals surface area contributed by atoms with Crippen molar-refractivity contribution in [3.05, 3.63) is 63.7 Å². The Morgan fingerprint density at radius 1 is 1.04 bits per heavy atom. The molecule has 0 heterocycles. The molecule has 3 N–H and O–H groups in total. The fourth-order valence-corrected chi connectivity index (χ4v) is 2.07. The summed E-state index contributed by atoms with van der Waals surface area (Å²) in [5.41, 5.74) is 1.69. The molecule has 0 bridgehead atoms. The average Bonchev–Trinajstić information content (AvgIpc) is 2.54. The molecule has 0 saturated carbocycles. The van der Waals surface area contributed by atoms with Crippen LogP contribution in [0.2, 0.25) is 0 Å².